The third-order valence-corrected chi connectivity index (χ3v) is 13.8. The molecule has 0 amide bonds. The molecule has 0 spiro atoms. The number of carbonyl (C=O) groups is 2. The van der Waals surface area contributed by atoms with E-state index in [1.165, 1.54) is 78.8 Å². The van der Waals surface area contributed by atoms with Crippen LogP contribution in [0.4, 0.5) is 30.7 Å². The van der Waals surface area contributed by atoms with E-state index in [0.29, 0.717) is 72.0 Å². The summed E-state index contributed by atoms with van der Waals surface area (Å²) in [7, 11) is 3.36. The normalized spacial score (nSPS) is 10.6. The predicted octanol–water partition coefficient (Wildman–Crippen LogP) is 9.09. The van der Waals surface area contributed by atoms with Crippen molar-refractivity contribution < 1.29 is 38.3 Å². The second-order valence-electron chi connectivity index (χ2n) is 16.2. The van der Waals surface area contributed by atoms with Crippen LogP contribution in [0, 0.1) is 34.3 Å². The fourth-order valence-electron chi connectivity index (χ4n) is 7.63. The Morgan fingerprint density at radius 1 is 0.667 bits per heavy atom. The number of carboxylic acids is 1. The molecular weight excluding hydrogens is 1110 g/mol. The lowest BCUT2D eigenvalue weighted by Crippen LogP contribution is -2.30. The monoisotopic (exact) mass is 1150 g/mol. The van der Waals surface area contributed by atoms with Gasteiger partial charge in [0.05, 0.1) is 23.0 Å². The number of rotatable bonds is 12. The molecule has 10 rings (SSSR count). The molecule has 20 nitrogen and oxygen atoms in total. The minimum Gasteiger partial charge on any atom is -0.475 e. The van der Waals surface area contributed by atoms with Gasteiger partial charge in [0.25, 0.3) is 0 Å². The van der Waals surface area contributed by atoms with Gasteiger partial charge in [-0.25, -0.2) is 58.2 Å². The van der Waals surface area contributed by atoms with Crippen molar-refractivity contribution in [3.8, 4) is 45.8 Å². The van der Waals surface area contributed by atoms with E-state index in [0.717, 1.165) is 38.7 Å². The number of imidazole rings is 2. The van der Waals surface area contributed by atoms with E-state index < -0.39 is 19.1 Å². The molecule has 78 heavy (non-hydrogen) atoms. The molecule has 3 N–H and O–H groups in total. The predicted molar refractivity (Wildman–Crippen MR) is 295 cm³/mol. The maximum absolute atomic E-state index is 13.4. The summed E-state index contributed by atoms with van der Waals surface area (Å²) in [4.78, 5) is 60.4. The minimum atomic E-state index is -1.60. The number of thiazole rings is 2. The number of aryl methyl sites for hydroxylation is 2. The average molecular weight is 1150 g/mol. The number of ether oxygens (including phenoxy) is 1. The zero-order chi connectivity index (χ0) is 55.1. The van der Waals surface area contributed by atoms with E-state index in [1.807, 2.05) is 60.5 Å². The van der Waals surface area contributed by atoms with E-state index >= 15 is 0 Å². The molecule has 0 saturated heterocycles. The van der Waals surface area contributed by atoms with E-state index in [-0.39, 0.29) is 30.7 Å². The number of nitriles is 2. The van der Waals surface area contributed by atoms with Crippen LogP contribution in [0.3, 0.4) is 0 Å². The first kappa shape index (κ1) is 56.8. The van der Waals surface area contributed by atoms with Crippen LogP contribution >= 0.6 is 38.6 Å². The first-order valence-corrected chi connectivity index (χ1v) is 25.3. The third-order valence-electron chi connectivity index (χ3n) is 11.4. The first-order chi connectivity index (χ1) is 37.0. The van der Waals surface area contributed by atoms with Gasteiger partial charge in [-0.3, -0.25) is 8.80 Å². The Balaban J connectivity index is 0.000000189. The summed E-state index contributed by atoms with van der Waals surface area (Å²) in [6.45, 7) is 3.98. The number of anilines is 4. The summed E-state index contributed by atoms with van der Waals surface area (Å²) in [6.07, 6.45) is 10.7. The second kappa shape index (κ2) is 24.8. The lowest BCUT2D eigenvalue weighted by atomic mass is 9.82. The third kappa shape index (κ3) is 12.2. The van der Waals surface area contributed by atoms with Gasteiger partial charge in [0.2, 0.25) is 11.6 Å². The Morgan fingerprint density at radius 2 is 1.10 bits per heavy atom. The second-order valence-corrected chi connectivity index (χ2v) is 19.1. The lowest BCUT2D eigenvalue weighted by Gasteiger charge is -2.17. The van der Waals surface area contributed by atoms with Crippen LogP contribution in [0.2, 0.25) is 0 Å². The Bertz CT molecular complexity index is 3870. The minimum absolute atomic E-state index is 0. The molecule has 26 heteroatoms. The van der Waals surface area contributed by atoms with Crippen molar-refractivity contribution in [2.45, 2.75) is 34.1 Å². The quantitative estimate of drug-likeness (QED) is 0.0760. The van der Waals surface area contributed by atoms with Crippen molar-refractivity contribution >= 4 is 96.3 Å². The fraction of sp³-hybridized carbons (Fsp3) is 0.154. The molecule has 0 unspecified atom stereocenters. The zero-order valence-electron chi connectivity index (χ0n) is 41.2. The van der Waals surface area contributed by atoms with Crippen LogP contribution < -0.4 is 15.3 Å². The highest BCUT2D eigenvalue weighted by molar-refractivity contribution is 9.10. The Labute approximate surface area is 461 Å². The van der Waals surface area contributed by atoms with Crippen molar-refractivity contribution in [3.63, 3.8) is 0 Å². The van der Waals surface area contributed by atoms with Gasteiger partial charge < -0.3 is 29.7 Å². The lowest BCUT2D eigenvalue weighted by molar-refractivity contribution is 0.0585. The maximum atomic E-state index is 13.4. The number of halogens is 3. The number of fused-ring (bicyclic) bond motifs is 2. The first-order valence-electron chi connectivity index (χ1n) is 22.9. The van der Waals surface area contributed by atoms with Crippen molar-refractivity contribution in [2.75, 3.05) is 31.0 Å². The number of carbonyl (C=O) groups excluding carboxylic acids is 1. The molecule has 10 aromatic rings. The molecule has 0 aliphatic carbocycles. The van der Waals surface area contributed by atoms with E-state index in [9.17, 15) is 38.9 Å². The fourth-order valence-corrected chi connectivity index (χ4v) is 9.53. The largest absolute Gasteiger partial charge is 0.489 e. The van der Waals surface area contributed by atoms with Gasteiger partial charge in [0, 0.05) is 73.5 Å². The number of aromatic carboxylic acids is 1. The number of carboxylic acid groups (broad SMARTS) is 1. The Morgan fingerprint density at radius 3 is 1.53 bits per heavy atom. The van der Waals surface area contributed by atoms with Crippen molar-refractivity contribution in [3.05, 3.63) is 159 Å². The summed E-state index contributed by atoms with van der Waals surface area (Å²) < 4.78 is 35.5. The summed E-state index contributed by atoms with van der Waals surface area (Å²) in [5.74, 6) is -1.14. The molecule has 0 saturated carbocycles. The highest BCUT2D eigenvalue weighted by Gasteiger charge is 2.25. The maximum Gasteiger partial charge on any atom is 0.489 e. The average Bonchev–Trinajstić information content (AvgIpc) is 4.32. The van der Waals surface area contributed by atoms with Crippen LogP contribution in [0.25, 0.3) is 44.9 Å². The number of aromatic nitrogens is 10. The number of methoxy groups -OCH3 is 1. The van der Waals surface area contributed by atoms with Crippen LogP contribution in [0.1, 0.15) is 63.7 Å². The number of benzene rings is 2. The summed E-state index contributed by atoms with van der Waals surface area (Å²) in [5.41, 5.74) is 7.08. The summed E-state index contributed by atoms with van der Waals surface area (Å²) >= 11 is 5.60. The van der Waals surface area contributed by atoms with Crippen molar-refractivity contribution in [1.82, 2.24) is 48.7 Å². The van der Waals surface area contributed by atoms with Gasteiger partial charge >= 0.3 is 19.1 Å². The Hall–Kier alpha value is -8.92. The van der Waals surface area contributed by atoms with E-state index in [2.05, 4.69) is 62.7 Å². The molecule has 0 radical (unpaired) electrons. The molecule has 2 aromatic carbocycles. The zero-order valence-corrected chi connectivity index (χ0v) is 44.4. The van der Waals surface area contributed by atoms with Gasteiger partial charge in [-0.05, 0) is 101 Å². The van der Waals surface area contributed by atoms with Crippen LogP contribution in [-0.2, 0) is 17.6 Å². The summed E-state index contributed by atoms with van der Waals surface area (Å²) in [6, 6.07) is 23.2. The van der Waals surface area contributed by atoms with Gasteiger partial charge in [-0.2, -0.15) is 10.5 Å². The number of nitrogens with zero attached hydrogens (tertiary/aromatic N) is 14. The molecule has 0 bridgehead atoms. The number of pyridine rings is 2. The Kier molecular flexibility index (Phi) is 18.1. The van der Waals surface area contributed by atoms with Gasteiger partial charge in [-0.1, -0.05) is 50.0 Å². The molecule has 0 aliphatic heterocycles. The molecular formula is C52H44BBrF2N14O6S2. The SMILES string of the molecule is C.CCc1nc2ccc(-c3cnc(C(=O)O)nc3)cn2c1N(C)c1nc(-c2ccc(F)cc2)c(C#N)s1.CCc1nc2ccc(B(O)O)cn2c1N(C)c1nc(-c2ccc(F)cc2)c(C#N)s1.COC(=O)c1ncc(Br)cn1. The standard InChI is InChI=1S/C25H18FN7O2S.C20H17BFN5O2S.C6H5BrN2O2.CH4/c1-3-18-23(32(2)25-31-21(19(10-27)36-25)14-4-7-17(26)8-5-14)33-13-15(6-9-20(33)30-18)16-11-28-22(24(34)35)29-12-16;1-3-15-19(27-11-13(21(28)29)6-9-17(27)24-15)26(2)20-25-18(16(10-23)30-20)12-4-7-14(22)8-5-12;1-11-6(10)5-8-2-4(7)3-9-5;/h4-9,11-13H,3H2,1-2H3,(H,34,35);4-9,11,28-29H,3H2,1-2H3;2-3H,1H3;1H4. The molecule has 0 fully saturated rings. The number of hydrogen-bond donors (Lipinski definition) is 3. The van der Waals surface area contributed by atoms with E-state index in [4.69, 9.17) is 15.1 Å². The van der Waals surface area contributed by atoms with Crippen LogP contribution in [0.5, 0.6) is 0 Å². The molecule has 394 valence electrons. The molecule has 8 heterocycles. The smallest absolute Gasteiger partial charge is 0.475 e. The highest BCUT2D eigenvalue weighted by atomic mass is 79.9. The van der Waals surface area contributed by atoms with Crippen LogP contribution in [-0.4, -0.2) is 104 Å². The molecule has 0 atom stereocenters. The highest BCUT2D eigenvalue weighted by Crippen LogP contribution is 2.39. The van der Waals surface area contributed by atoms with E-state index in [1.54, 1.807) is 47.0 Å². The van der Waals surface area contributed by atoms with Crippen molar-refractivity contribution in [2.24, 2.45) is 0 Å². The summed E-state index contributed by atoms with van der Waals surface area (Å²) in [5, 5.41) is 48.6. The van der Waals surface area contributed by atoms with Crippen LogP contribution in [0.15, 0.2) is 114 Å². The van der Waals surface area contributed by atoms with Gasteiger partial charge in [-0.15, -0.1) is 0 Å². The number of hydrogen-bond acceptors (Lipinski definition) is 19. The van der Waals surface area contributed by atoms with Gasteiger partial charge in [0.15, 0.2) is 10.3 Å². The molecule has 8 aromatic heterocycles. The topological polar surface area (TPSA) is 270 Å². The molecule has 0 aliphatic rings. The number of esters is 1. The van der Waals surface area contributed by atoms with Crippen molar-refractivity contribution in [1.29, 1.82) is 10.5 Å². The van der Waals surface area contributed by atoms with Gasteiger partial charge in [0.1, 0.15) is 67.8 Å².